The van der Waals surface area contributed by atoms with Crippen LogP contribution in [-0.2, 0) is 14.2 Å². The molecule has 86 valence electrons. The predicted molar refractivity (Wildman–Crippen MR) is 47.8 cm³/mol. The van der Waals surface area contributed by atoms with E-state index in [0.29, 0.717) is 0 Å². The molecule has 0 saturated carbocycles. The second-order valence-electron chi connectivity index (χ2n) is 1.68. The normalized spacial score (nSPS) is 7.20. The minimum Gasteiger partial charge on any atom is -0.437 e. The third-order valence-corrected chi connectivity index (χ3v) is 0.783. The minimum absolute atomic E-state index is 0.166. The van der Waals surface area contributed by atoms with Gasteiger partial charge in [-0.15, -0.1) is 0 Å². The van der Waals surface area contributed by atoms with Crippen LogP contribution < -0.4 is 0 Å². The molecule has 0 aliphatic carbocycles. The second kappa shape index (κ2) is 12.2. The Morgan fingerprint density at radius 1 is 1.00 bits per heavy atom. The highest BCUT2D eigenvalue weighted by Crippen LogP contribution is 1.85. The molecule has 0 amide bonds. The lowest BCUT2D eigenvalue weighted by Gasteiger charge is -1.96. The fraction of sp³-hybridized carbons (Fsp3) is 0.500. The zero-order valence-electron chi connectivity index (χ0n) is 8.35. The second-order valence-corrected chi connectivity index (χ2v) is 1.68. The monoisotopic (exact) mass is 220 g/mol. The summed E-state index contributed by atoms with van der Waals surface area (Å²) in [6, 6.07) is 0. The summed E-state index contributed by atoms with van der Waals surface area (Å²) < 4.78 is 11.7. The van der Waals surface area contributed by atoms with Crippen LogP contribution in [0.5, 0.6) is 0 Å². The lowest BCUT2D eigenvalue weighted by molar-refractivity contribution is 0.0568. The molecule has 0 bridgehead atoms. The number of rotatable bonds is 0. The smallest absolute Gasteiger partial charge is 0.437 e. The highest BCUT2D eigenvalue weighted by Gasteiger charge is 2.07. The Kier molecular flexibility index (Phi) is 12.8. The van der Waals surface area contributed by atoms with Gasteiger partial charge in [-0.2, -0.15) is 0 Å². The van der Waals surface area contributed by atoms with Crippen molar-refractivity contribution in [1.29, 1.82) is 0 Å². The molecule has 2 N–H and O–H groups in total. The van der Waals surface area contributed by atoms with E-state index in [1.165, 1.54) is 0 Å². The zero-order valence-corrected chi connectivity index (χ0v) is 8.35. The Balaban J connectivity index is 0. The third-order valence-electron chi connectivity index (χ3n) is 0.783. The van der Waals surface area contributed by atoms with Crippen molar-refractivity contribution < 1.29 is 34.0 Å². The molecule has 0 saturated heterocycles. The van der Waals surface area contributed by atoms with Crippen LogP contribution in [0.1, 0.15) is 0 Å². The summed E-state index contributed by atoms with van der Waals surface area (Å²) in [6.07, 6.45) is -2.16. The van der Waals surface area contributed by atoms with E-state index < -0.39 is 12.3 Å². The topological polar surface area (TPSA) is 102 Å². The number of hydrogen-bond acceptors (Lipinski definition) is 7. The first-order valence-corrected chi connectivity index (χ1v) is 3.63. The summed E-state index contributed by atoms with van der Waals surface area (Å²) in [5.74, 6) is 4.51. The summed E-state index contributed by atoms with van der Waals surface area (Å²) >= 11 is 0. The molecule has 0 fully saturated rings. The quantitative estimate of drug-likeness (QED) is 0.322. The number of aliphatic hydroxyl groups is 2. The van der Waals surface area contributed by atoms with Crippen molar-refractivity contribution >= 4 is 12.3 Å². The van der Waals surface area contributed by atoms with Gasteiger partial charge in [0.2, 0.25) is 0 Å². The van der Waals surface area contributed by atoms with E-state index in [1.54, 1.807) is 0 Å². The van der Waals surface area contributed by atoms with Gasteiger partial charge in [0, 0.05) is 0 Å². The maximum atomic E-state index is 10.0. The lowest BCUT2D eigenvalue weighted by Crippen LogP contribution is -2.11. The van der Waals surface area contributed by atoms with Gasteiger partial charge in [-0.3, -0.25) is 0 Å². The third kappa shape index (κ3) is 15.0. The standard InChI is InChI=1S/C4H6O5.C4H6O2/c1-7-3(5)9-4(6)8-2;5-3-1-2-4-6/h1-2H3;5-6H,3-4H2. The fourth-order valence-electron chi connectivity index (χ4n) is 0.263. The lowest BCUT2D eigenvalue weighted by atomic mass is 10.6. The van der Waals surface area contributed by atoms with Crippen LogP contribution in [0.2, 0.25) is 0 Å². The van der Waals surface area contributed by atoms with Crippen molar-refractivity contribution in [3.63, 3.8) is 0 Å². The molecule has 0 unspecified atom stereocenters. The van der Waals surface area contributed by atoms with E-state index in [-0.39, 0.29) is 13.2 Å². The van der Waals surface area contributed by atoms with Crippen LogP contribution in [0.4, 0.5) is 9.59 Å². The van der Waals surface area contributed by atoms with Crippen molar-refractivity contribution in [3.05, 3.63) is 0 Å². The van der Waals surface area contributed by atoms with Crippen LogP contribution in [0.3, 0.4) is 0 Å². The van der Waals surface area contributed by atoms with E-state index in [0.717, 1.165) is 14.2 Å². The van der Waals surface area contributed by atoms with E-state index >= 15 is 0 Å². The number of hydrogen-bond donors (Lipinski definition) is 2. The van der Waals surface area contributed by atoms with Gasteiger partial charge in [-0.25, -0.2) is 9.59 Å². The summed E-state index contributed by atoms with van der Waals surface area (Å²) in [6.45, 7) is -0.332. The molecule has 0 heterocycles. The van der Waals surface area contributed by atoms with Crippen molar-refractivity contribution in [2.75, 3.05) is 27.4 Å². The summed E-state index contributed by atoms with van der Waals surface area (Å²) in [5.41, 5.74) is 0. The van der Waals surface area contributed by atoms with Gasteiger partial charge in [-0.05, 0) is 0 Å². The number of methoxy groups -OCH3 is 2. The van der Waals surface area contributed by atoms with E-state index in [1.807, 2.05) is 0 Å². The van der Waals surface area contributed by atoms with Crippen LogP contribution >= 0.6 is 0 Å². The van der Waals surface area contributed by atoms with Gasteiger partial charge >= 0.3 is 12.3 Å². The maximum absolute atomic E-state index is 10.0. The summed E-state index contributed by atoms with van der Waals surface area (Å²) in [4.78, 5) is 20.1. The Morgan fingerprint density at radius 2 is 1.33 bits per heavy atom. The molecule has 0 aromatic heterocycles. The number of carbonyl (C=O) groups is 2. The molecule has 0 aliphatic heterocycles. The van der Waals surface area contributed by atoms with Gasteiger partial charge < -0.3 is 24.4 Å². The van der Waals surface area contributed by atoms with Gasteiger partial charge in [0.05, 0.1) is 14.2 Å². The Morgan fingerprint density at radius 3 is 1.53 bits per heavy atom. The van der Waals surface area contributed by atoms with Crippen molar-refractivity contribution in [1.82, 2.24) is 0 Å². The highest BCUT2D eigenvalue weighted by molar-refractivity contribution is 5.76. The Hall–Kier alpha value is -1.78. The van der Waals surface area contributed by atoms with Crippen molar-refractivity contribution in [2.24, 2.45) is 0 Å². The van der Waals surface area contributed by atoms with Crippen LogP contribution in [0.25, 0.3) is 0 Å². The molecule has 7 nitrogen and oxygen atoms in total. The highest BCUT2D eigenvalue weighted by atomic mass is 16.8. The maximum Gasteiger partial charge on any atom is 0.518 e. The van der Waals surface area contributed by atoms with Gasteiger partial charge in [0.25, 0.3) is 0 Å². The number of aliphatic hydroxyl groups excluding tert-OH is 2. The number of carbonyl (C=O) groups excluding carboxylic acids is 2. The molecule has 15 heavy (non-hydrogen) atoms. The molecular formula is C8H12O7. The van der Waals surface area contributed by atoms with E-state index in [4.69, 9.17) is 10.2 Å². The first kappa shape index (κ1) is 15.7. The zero-order chi connectivity index (χ0) is 12.1. The molecule has 0 atom stereocenters. The average molecular weight is 220 g/mol. The van der Waals surface area contributed by atoms with Crippen LogP contribution in [0, 0.1) is 11.8 Å². The molecule has 0 rings (SSSR count). The SMILES string of the molecule is COC(=O)OC(=O)OC.OCC#CCO. The Bertz CT molecular complexity index is 215. The van der Waals surface area contributed by atoms with Gasteiger partial charge in [-0.1, -0.05) is 11.8 Å². The van der Waals surface area contributed by atoms with Crippen LogP contribution in [0.15, 0.2) is 0 Å². The predicted octanol–water partition coefficient (Wildman–Crippen LogP) is -0.490. The number of ether oxygens (including phenoxy) is 3. The van der Waals surface area contributed by atoms with E-state index in [2.05, 4.69) is 26.1 Å². The van der Waals surface area contributed by atoms with Crippen LogP contribution in [-0.4, -0.2) is 50.0 Å². The molecule has 0 radical (unpaired) electrons. The van der Waals surface area contributed by atoms with Crippen molar-refractivity contribution in [3.8, 4) is 11.8 Å². The Labute approximate surface area is 86.6 Å². The molecule has 0 aromatic rings. The summed E-state index contributed by atoms with van der Waals surface area (Å²) in [7, 11) is 2.18. The molecule has 0 spiro atoms. The average Bonchev–Trinajstić information content (AvgIpc) is 2.26. The molecule has 0 aliphatic rings. The first-order valence-electron chi connectivity index (χ1n) is 3.63. The molecule has 0 aromatic carbocycles. The van der Waals surface area contributed by atoms with Gasteiger partial charge in [0.1, 0.15) is 13.2 Å². The van der Waals surface area contributed by atoms with Gasteiger partial charge in [0.15, 0.2) is 0 Å². The first-order chi connectivity index (χ1) is 7.12. The fourth-order valence-corrected chi connectivity index (χ4v) is 0.263. The molecular weight excluding hydrogens is 208 g/mol. The summed E-state index contributed by atoms with van der Waals surface area (Å²) in [5, 5.41) is 15.8. The largest absolute Gasteiger partial charge is 0.518 e. The van der Waals surface area contributed by atoms with E-state index in [9.17, 15) is 9.59 Å². The minimum atomic E-state index is -1.08. The molecule has 7 heteroatoms. The van der Waals surface area contributed by atoms with Crippen molar-refractivity contribution in [2.45, 2.75) is 0 Å².